The number of carbonyl (C=O) groups is 1. The van der Waals surface area contributed by atoms with Gasteiger partial charge in [0.15, 0.2) is 0 Å². The molecule has 31 heavy (non-hydrogen) atoms. The summed E-state index contributed by atoms with van der Waals surface area (Å²) in [4.78, 5) is 27.2. The molecule has 2 atom stereocenters. The van der Waals surface area contributed by atoms with Crippen LogP contribution in [0.15, 0.2) is 35.1 Å². The third-order valence-electron chi connectivity index (χ3n) is 6.12. The standard InChI is InChI=1S/C23H24ClF3N2O2/c24-19-11-15(4-3-14(19)9-10-23(25,26)27)18(12-16-5-8-21(30)28-16)20-7-6-17(13-1-2-13)22(31)29-20/h3-4,6-7,11,13,16,18H,1-2,5,8-10,12H2,(H,28,30)(H,29,31)/t16-,18?/m1/s1. The lowest BCUT2D eigenvalue weighted by molar-refractivity contribution is -0.134. The van der Waals surface area contributed by atoms with Gasteiger partial charge >= 0.3 is 6.18 Å². The number of hydrogen-bond donors (Lipinski definition) is 2. The zero-order valence-corrected chi connectivity index (χ0v) is 17.7. The molecule has 166 valence electrons. The van der Waals surface area contributed by atoms with Gasteiger partial charge in [0.1, 0.15) is 0 Å². The zero-order chi connectivity index (χ0) is 22.2. The molecule has 4 rings (SSSR count). The third kappa shape index (κ3) is 5.50. The number of alkyl halides is 3. The Morgan fingerprint density at radius 1 is 1.10 bits per heavy atom. The number of carbonyl (C=O) groups excluding carboxylic acids is 1. The molecule has 2 aromatic rings. The molecule has 1 aromatic carbocycles. The Hall–Kier alpha value is -2.28. The zero-order valence-electron chi connectivity index (χ0n) is 16.9. The van der Waals surface area contributed by atoms with Crippen molar-refractivity contribution in [2.75, 3.05) is 0 Å². The van der Waals surface area contributed by atoms with Crippen LogP contribution in [0, 0.1) is 0 Å². The van der Waals surface area contributed by atoms with Crippen molar-refractivity contribution in [2.24, 2.45) is 0 Å². The fraction of sp³-hybridized carbons (Fsp3) is 0.478. The number of halogens is 4. The first-order valence-corrected chi connectivity index (χ1v) is 10.9. The van der Waals surface area contributed by atoms with Gasteiger partial charge in [0.25, 0.3) is 5.56 Å². The number of rotatable bonds is 7. The van der Waals surface area contributed by atoms with Gasteiger partial charge in [0.05, 0.1) is 0 Å². The van der Waals surface area contributed by atoms with E-state index in [1.807, 2.05) is 12.1 Å². The Morgan fingerprint density at radius 3 is 2.45 bits per heavy atom. The van der Waals surface area contributed by atoms with Crippen molar-refractivity contribution in [2.45, 2.75) is 69.0 Å². The number of pyridine rings is 1. The highest BCUT2D eigenvalue weighted by atomic mass is 35.5. The fourth-order valence-electron chi connectivity index (χ4n) is 4.26. The van der Waals surface area contributed by atoms with Crippen LogP contribution >= 0.6 is 11.6 Å². The molecule has 2 fully saturated rings. The normalized spacial score (nSPS) is 20.0. The van der Waals surface area contributed by atoms with Crippen molar-refractivity contribution in [1.82, 2.24) is 10.3 Å². The maximum Gasteiger partial charge on any atom is 0.389 e. The summed E-state index contributed by atoms with van der Waals surface area (Å²) >= 11 is 6.33. The third-order valence-corrected chi connectivity index (χ3v) is 6.47. The summed E-state index contributed by atoms with van der Waals surface area (Å²) in [7, 11) is 0. The molecule has 1 aliphatic heterocycles. The first kappa shape index (κ1) is 21.9. The van der Waals surface area contributed by atoms with E-state index in [1.54, 1.807) is 18.2 Å². The van der Waals surface area contributed by atoms with E-state index < -0.39 is 12.6 Å². The molecule has 2 heterocycles. The molecule has 1 saturated heterocycles. The lowest BCUT2D eigenvalue weighted by atomic mass is 9.87. The van der Waals surface area contributed by atoms with Crippen LogP contribution in [0.25, 0.3) is 0 Å². The van der Waals surface area contributed by atoms with Gasteiger partial charge in [-0.15, -0.1) is 0 Å². The minimum Gasteiger partial charge on any atom is -0.353 e. The molecular weight excluding hydrogens is 429 g/mol. The van der Waals surface area contributed by atoms with E-state index in [1.165, 1.54) is 0 Å². The van der Waals surface area contributed by atoms with Gasteiger partial charge in [0, 0.05) is 41.1 Å². The molecule has 1 aliphatic carbocycles. The second-order valence-corrected chi connectivity index (χ2v) is 8.94. The van der Waals surface area contributed by atoms with E-state index in [4.69, 9.17) is 11.6 Å². The van der Waals surface area contributed by atoms with Crippen LogP contribution in [0.2, 0.25) is 5.02 Å². The predicted octanol–water partition coefficient (Wildman–Crippen LogP) is 5.20. The summed E-state index contributed by atoms with van der Waals surface area (Å²) in [6.45, 7) is 0. The van der Waals surface area contributed by atoms with E-state index in [9.17, 15) is 22.8 Å². The Morgan fingerprint density at radius 2 is 1.87 bits per heavy atom. The summed E-state index contributed by atoms with van der Waals surface area (Å²) in [5, 5.41) is 3.23. The summed E-state index contributed by atoms with van der Waals surface area (Å²) in [5.74, 6) is 0.0908. The summed E-state index contributed by atoms with van der Waals surface area (Å²) in [6.07, 6.45) is -1.57. The molecular formula is C23H24ClF3N2O2. The minimum absolute atomic E-state index is 0.00172. The van der Waals surface area contributed by atoms with Crippen molar-refractivity contribution >= 4 is 17.5 Å². The van der Waals surface area contributed by atoms with Gasteiger partial charge in [-0.05, 0) is 61.3 Å². The van der Waals surface area contributed by atoms with Gasteiger partial charge in [-0.1, -0.05) is 29.8 Å². The largest absolute Gasteiger partial charge is 0.389 e. The van der Waals surface area contributed by atoms with Crippen molar-refractivity contribution in [3.8, 4) is 0 Å². The summed E-state index contributed by atoms with van der Waals surface area (Å²) in [5.41, 5.74) is 2.64. The minimum atomic E-state index is -4.24. The molecule has 1 amide bonds. The first-order valence-electron chi connectivity index (χ1n) is 10.6. The summed E-state index contributed by atoms with van der Waals surface area (Å²) < 4.78 is 37.7. The molecule has 2 N–H and O–H groups in total. The van der Waals surface area contributed by atoms with Crippen molar-refractivity contribution in [3.63, 3.8) is 0 Å². The average Bonchev–Trinajstić information content (AvgIpc) is 3.45. The lowest BCUT2D eigenvalue weighted by Gasteiger charge is -2.22. The number of aromatic nitrogens is 1. The molecule has 0 spiro atoms. The van der Waals surface area contributed by atoms with Crippen LogP contribution < -0.4 is 10.9 Å². The Labute approximate surface area is 183 Å². The van der Waals surface area contributed by atoms with E-state index in [0.29, 0.717) is 30.7 Å². The molecule has 0 radical (unpaired) electrons. The number of nitrogens with one attached hydrogen (secondary N) is 2. The summed E-state index contributed by atoms with van der Waals surface area (Å²) in [6, 6.07) is 8.81. The van der Waals surface area contributed by atoms with Crippen LogP contribution in [0.3, 0.4) is 0 Å². The highest BCUT2D eigenvalue weighted by Crippen LogP contribution is 2.39. The van der Waals surface area contributed by atoms with Crippen LogP contribution in [0.1, 0.15) is 72.7 Å². The number of aryl methyl sites for hydroxylation is 1. The van der Waals surface area contributed by atoms with Gasteiger partial charge < -0.3 is 10.3 Å². The van der Waals surface area contributed by atoms with Crippen LogP contribution in [0.5, 0.6) is 0 Å². The number of benzene rings is 1. The van der Waals surface area contributed by atoms with Crippen LogP contribution in [-0.2, 0) is 11.2 Å². The highest BCUT2D eigenvalue weighted by molar-refractivity contribution is 6.31. The molecule has 1 saturated carbocycles. The fourth-order valence-corrected chi connectivity index (χ4v) is 4.54. The second-order valence-electron chi connectivity index (χ2n) is 8.53. The number of amides is 1. The average molecular weight is 453 g/mol. The molecule has 1 aromatic heterocycles. The first-order chi connectivity index (χ1) is 14.7. The Bertz CT molecular complexity index is 1030. The number of H-pyrrole nitrogens is 1. The van der Waals surface area contributed by atoms with Crippen molar-refractivity contribution in [3.05, 3.63) is 68.1 Å². The predicted molar refractivity (Wildman–Crippen MR) is 112 cm³/mol. The van der Waals surface area contributed by atoms with E-state index in [2.05, 4.69) is 10.3 Å². The highest BCUT2D eigenvalue weighted by Gasteiger charge is 2.30. The topological polar surface area (TPSA) is 62.0 Å². The molecule has 0 bridgehead atoms. The number of aromatic amines is 1. The van der Waals surface area contributed by atoms with Gasteiger partial charge in [0.2, 0.25) is 5.91 Å². The maximum absolute atomic E-state index is 12.6. The number of hydrogen-bond acceptors (Lipinski definition) is 2. The second kappa shape index (κ2) is 8.69. The van der Waals surface area contributed by atoms with Crippen molar-refractivity contribution < 1.29 is 18.0 Å². The van der Waals surface area contributed by atoms with E-state index in [0.717, 1.165) is 29.7 Å². The molecule has 1 unspecified atom stereocenters. The SMILES string of the molecule is O=C1CC[C@H](CC(c2ccc(CCC(F)(F)F)c(Cl)c2)c2ccc(C3CC3)c(=O)[nH]2)N1. The van der Waals surface area contributed by atoms with Crippen molar-refractivity contribution in [1.29, 1.82) is 0 Å². The smallest absolute Gasteiger partial charge is 0.353 e. The van der Waals surface area contributed by atoms with Gasteiger partial charge in [-0.2, -0.15) is 13.2 Å². The Balaban J connectivity index is 1.62. The maximum atomic E-state index is 12.6. The van der Waals surface area contributed by atoms with Crippen LogP contribution in [-0.4, -0.2) is 23.1 Å². The molecule has 8 heteroatoms. The quantitative estimate of drug-likeness (QED) is 0.606. The molecule has 4 nitrogen and oxygen atoms in total. The van der Waals surface area contributed by atoms with Crippen LogP contribution in [0.4, 0.5) is 13.2 Å². The Kier molecular flexibility index (Phi) is 6.15. The van der Waals surface area contributed by atoms with Gasteiger partial charge in [-0.3, -0.25) is 9.59 Å². The van der Waals surface area contributed by atoms with Gasteiger partial charge in [-0.25, -0.2) is 0 Å². The monoisotopic (exact) mass is 452 g/mol. The van der Waals surface area contributed by atoms with E-state index in [-0.39, 0.29) is 34.9 Å². The lowest BCUT2D eigenvalue weighted by Crippen LogP contribution is -2.28. The van der Waals surface area contributed by atoms with E-state index >= 15 is 0 Å². The molecule has 2 aliphatic rings.